The molecule has 0 bridgehead atoms. The van der Waals surface area contributed by atoms with Gasteiger partial charge in [-0.2, -0.15) is 0 Å². The number of hydrogen-bond donors (Lipinski definition) is 0. The zero-order valence-electron chi connectivity index (χ0n) is 16.1. The van der Waals surface area contributed by atoms with Gasteiger partial charge in [-0.1, -0.05) is 0 Å². The zero-order valence-corrected chi connectivity index (χ0v) is 16.1. The zero-order chi connectivity index (χ0) is 19.0. The number of carbonyl (C=O) groups is 1. The molecule has 0 aliphatic carbocycles. The van der Waals surface area contributed by atoms with Gasteiger partial charge in [0.25, 0.3) is 5.91 Å². The van der Waals surface area contributed by atoms with E-state index in [0.29, 0.717) is 58.1 Å². The van der Waals surface area contributed by atoms with E-state index >= 15 is 0 Å². The molecule has 4 aliphatic heterocycles. The second kappa shape index (κ2) is 7.26. The van der Waals surface area contributed by atoms with Crippen LogP contribution in [0.1, 0.15) is 36.2 Å². The molecule has 0 aromatic carbocycles. The Balaban J connectivity index is 1.22. The van der Waals surface area contributed by atoms with Crippen LogP contribution in [-0.2, 0) is 18.9 Å². The lowest BCUT2D eigenvalue weighted by atomic mass is 10.0. The highest BCUT2D eigenvalue weighted by molar-refractivity contribution is 5.93. The Morgan fingerprint density at radius 3 is 1.96 bits per heavy atom. The third-order valence-electron chi connectivity index (χ3n) is 6.29. The van der Waals surface area contributed by atoms with E-state index in [0.717, 1.165) is 31.6 Å². The maximum Gasteiger partial charge on any atom is 0.272 e. The van der Waals surface area contributed by atoms with Gasteiger partial charge in [0.05, 0.1) is 26.4 Å². The maximum atomic E-state index is 13.0. The quantitative estimate of drug-likeness (QED) is 0.757. The molecule has 0 atom stereocenters. The average molecular weight is 389 g/mol. The number of aromatic nitrogens is 1. The lowest BCUT2D eigenvalue weighted by Gasteiger charge is -2.39. The highest BCUT2D eigenvalue weighted by Crippen LogP contribution is 2.34. The molecule has 5 rings (SSSR count). The third-order valence-corrected chi connectivity index (χ3v) is 6.29. The molecule has 1 amide bonds. The summed E-state index contributed by atoms with van der Waals surface area (Å²) in [6.45, 7) is 5.60. The van der Waals surface area contributed by atoms with Crippen LogP contribution < -0.4 is 4.90 Å². The van der Waals surface area contributed by atoms with Crippen molar-refractivity contribution in [1.82, 2.24) is 9.88 Å². The summed E-state index contributed by atoms with van der Waals surface area (Å²) in [6.07, 6.45) is 4.84. The van der Waals surface area contributed by atoms with Gasteiger partial charge in [-0.05, 0) is 12.1 Å². The largest absolute Gasteiger partial charge is 0.371 e. The van der Waals surface area contributed by atoms with Crippen LogP contribution in [0.25, 0.3) is 0 Å². The van der Waals surface area contributed by atoms with Crippen molar-refractivity contribution in [3.63, 3.8) is 0 Å². The van der Waals surface area contributed by atoms with Crippen LogP contribution in [-0.4, -0.2) is 80.0 Å². The van der Waals surface area contributed by atoms with Crippen molar-refractivity contribution in [2.24, 2.45) is 0 Å². The van der Waals surface area contributed by atoms with Crippen molar-refractivity contribution in [3.05, 3.63) is 24.0 Å². The first-order chi connectivity index (χ1) is 13.7. The molecule has 0 unspecified atom stereocenters. The van der Waals surface area contributed by atoms with Crippen LogP contribution in [0.3, 0.4) is 0 Å². The number of nitrogens with zero attached hydrogens (tertiary/aromatic N) is 3. The fourth-order valence-corrected chi connectivity index (χ4v) is 4.62. The Bertz CT molecular complexity index is 710. The molecule has 8 heteroatoms. The molecule has 4 fully saturated rings. The van der Waals surface area contributed by atoms with Crippen molar-refractivity contribution in [1.29, 1.82) is 0 Å². The molecule has 5 heterocycles. The predicted molar refractivity (Wildman–Crippen MR) is 100 cm³/mol. The number of amides is 1. The van der Waals surface area contributed by atoms with E-state index in [1.807, 2.05) is 17.0 Å². The maximum absolute atomic E-state index is 13.0. The Labute approximate surface area is 164 Å². The van der Waals surface area contributed by atoms with Gasteiger partial charge in [-0.3, -0.25) is 9.78 Å². The van der Waals surface area contributed by atoms with Crippen LogP contribution in [0, 0.1) is 0 Å². The Hall–Kier alpha value is -1.74. The van der Waals surface area contributed by atoms with E-state index in [4.69, 9.17) is 18.9 Å². The van der Waals surface area contributed by atoms with Crippen LogP contribution in [0.15, 0.2) is 18.3 Å². The molecule has 0 N–H and O–H groups in total. The minimum absolute atomic E-state index is 0.0226. The molecule has 2 spiro atoms. The van der Waals surface area contributed by atoms with E-state index in [2.05, 4.69) is 9.88 Å². The molecule has 8 nitrogen and oxygen atoms in total. The van der Waals surface area contributed by atoms with Gasteiger partial charge < -0.3 is 28.7 Å². The van der Waals surface area contributed by atoms with Crippen LogP contribution in [0.2, 0.25) is 0 Å². The fourth-order valence-electron chi connectivity index (χ4n) is 4.62. The first-order valence-electron chi connectivity index (χ1n) is 10.2. The lowest BCUT2D eigenvalue weighted by Crippen LogP contribution is -2.47. The summed E-state index contributed by atoms with van der Waals surface area (Å²) in [5.41, 5.74) is 1.53. The molecule has 152 valence electrons. The Morgan fingerprint density at radius 1 is 0.857 bits per heavy atom. The second-order valence-electron chi connectivity index (χ2n) is 7.89. The second-order valence-corrected chi connectivity index (χ2v) is 7.89. The Morgan fingerprint density at radius 2 is 1.39 bits per heavy atom. The predicted octanol–water partition coefficient (Wildman–Crippen LogP) is 1.40. The van der Waals surface area contributed by atoms with E-state index in [-0.39, 0.29) is 5.91 Å². The van der Waals surface area contributed by atoms with E-state index < -0.39 is 11.6 Å². The third kappa shape index (κ3) is 3.39. The van der Waals surface area contributed by atoms with Crippen molar-refractivity contribution in [2.75, 3.05) is 57.5 Å². The topological polar surface area (TPSA) is 73.4 Å². The van der Waals surface area contributed by atoms with Crippen LogP contribution in [0.5, 0.6) is 0 Å². The van der Waals surface area contributed by atoms with E-state index in [9.17, 15) is 4.79 Å². The highest BCUT2D eigenvalue weighted by atomic mass is 16.7. The normalized spacial score (nSPS) is 26.3. The SMILES string of the molecule is O=C(c1cc(N2CCC3(CC2)OCCO3)ccn1)N1CCC2(CC1)OCCO2. The summed E-state index contributed by atoms with van der Waals surface area (Å²) in [5.74, 6) is -0.887. The molecular formula is C20H27N3O5. The summed E-state index contributed by atoms with van der Waals surface area (Å²) in [7, 11) is 0. The number of ether oxygens (including phenoxy) is 4. The molecule has 0 saturated carbocycles. The van der Waals surface area contributed by atoms with E-state index in [1.165, 1.54) is 0 Å². The molecule has 1 aromatic rings. The van der Waals surface area contributed by atoms with E-state index in [1.54, 1.807) is 6.20 Å². The van der Waals surface area contributed by atoms with Crippen molar-refractivity contribution in [3.8, 4) is 0 Å². The monoisotopic (exact) mass is 389 g/mol. The number of rotatable bonds is 2. The van der Waals surface area contributed by atoms with Gasteiger partial charge in [-0.15, -0.1) is 0 Å². The fraction of sp³-hybridized carbons (Fsp3) is 0.700. The summed E-state index contributed by atoms with van der Waals surface area (Å²) < 4.78 is 23.1. The highest BCUT2D eigenvalue weighted by Gasteiger charge is 2.42. The number of hydrogen-bond acceptors (Lipinski definition) is 7. The number of piperidine rings is 2. The minimum atomic E-state index is -0.472. The summed E-state index contributed by atoms with van der Waals surface area (Å²) >= 11 is 0. The molecular weight excluding hydrogens is 362 g/mol. The number of likely N-dealkylation sites (tertiary alicyclic amines) is 1. The van der Waals surface area contributed by atoms with Crippen molar-refractivity contribution >= 4 is 11.6 Å². The standard InChI is InChI=1S/C20H27N3O5/c24-18(23-9-4-20(5-10-23)27-13-14-28-20)17-15-16(1-6-21-17)22-7-2-19(3-8-22)25-11-12-26-19/h1,6,15H,2-5,7-14H2. The number of carbonyl (C=O) groups excluding carboxylic acids is 1. The molecule has 4 saturated heterocycles. The number of anilines is 1. The summed E-state index contributed by atoms with van der Waals surface area (Å²) in [5, 5.41) is 0. The van der Waals surface area contributed by atoms with Crippen molar-refractivity contribution < 1.29 is 23.7 Å². The van der Waals surface area contributed by atoms with Gasteiger partial charge in [0, 0.05) is 63.7 Å². The van der Waals surface area contributed by atoms with Crippen LogP contribution in [0.4, 0.5) is 5.69 Å². The lowest BCUT2D eigenvalue weighted by molar-refractivity contribution is -0.181. The smallest absolute Gasteiger partial charge is 0.272 e. The molecule has 4 aliphatic rings. The minimum Gasteiger partial charge on any atom is -0.371 e. The first-order valence-corrected chi connectivity index (χ1v) is 10.2. The van der Waals surface area contributed by atoms with Crippen molar-refractivity contribution in [2.45, 2.75) is 37.3 Å². The van der Waals surface area contributed by atoms with Gasteiger partial charge in [-0.25, -0.2) is 0 Å². The van der Waals surface area contributed by atoms with Gasteiger partial charge in [0.2, 0.25) is 0 Å². The first kappa shape index (κ1) is 18.3. The van der Waals surface area contributed by atoms with Gasteiger partial charge in [0.1, 0.15) is 5.69 Å². The molecule has 1 aromatic heterocycles. The summed E-state index contributed by atoms with van der Waals surface area (Å²) in [6, 6.07) is 3.88. The van der Waals surface area contributed by atoms with Gasteiger partial charge >= 0.3 is 0 Å². The molecule has 28 heavy (non-hydrogen) atoms. The average Bonchev–Trinajstić information content (AvgIpc) is 3.39. The molecule has 0 radical (unpaired) electrons. The Kier molecular flexibility index (Phi) is 4.74. The van der Waals surface area contributed by atoms with Crippen LogP contribution >= 0.6 is 0 Å². The summed E-state index contributed by atoms with van der Waals surface area (Å²) in [4.78, 5) is 21.4. The van der Waals surface area contributed by atoms with Gasteiger partial charge in [0.15, 0.2) is 11.6 Å². The number of pyridine rings is 1.